The fourth-order valence-electron chi connectivity index (χ4n) is 4.11. The number of nitrogens with one attached hydrogen (secondary N) is 2. The lowest BCUT2D eigenvalue weighted by molar-refractivity contribution is -0.123. The maximum Gasteiger partial charge on any atom is 0.305 e. The lowest BCUT2D eigenvalue weighted by atomic mass is 9.76. The van der Waals surface area contributed by atoms with Gasteiger partial charge in [0.2, 0.25) is 0 Å². The third kappa shape index (κ3) is 4.82. The Bertz CT molecular complexity index is 1210. The van der Waals surface area contributed by atoms with E-state index in [-0.39, 0.29) is 23.6 Å². The second-order valence-corrected chi connectivity index (χ2v) is 8.95. The summed E-state index contributed by atoms with van der Waals surface area (Å²) in [6.45, 7) is 5.37. The third-order valence-corrected chi connectivity index (χ3v) is 5.63. The molecular formula is C26H26N2O5. The second-order valence-electron chi connectivity index (χ2n) is 8.95. The van der Waals surface area contributed by atoms with Gasteiger partial charge in [0.25, 0.3) is 5.91 Å². The Morgan fingerprint density at radius 3 is 2.45 bits per heavy atom. The summed E-state index contributed by atoms with van der Waals surface area (Å²) < 4.78 is 11.4. The first-order valence-electron chi connectivity index (χ1n) is 10.8. The second kappa shape index (κ2) is 8.94. The molecule has 0 radical (unpaired) electrons. The van der Waals surface area contributed by atoms with Crippen LogP contribution in [0.15, 0.2) is 59.0 Å². The van der Waals surface area contributed by atoms with E-state index in [1.807, 2.05) is 62.4 Å². The van der Waals surface area contributed by atoms with Crippen LogP contribution in [0.5, 0.6) is 5.75 Å². The normalized spacial score (nSPS) is 14.3. The van der Waals surface area contributed by atoms with Crippen molar-refractivity contribution in [1.29, 1.82) is 0 Å². The molecule has 0 unspecified atom stereocenters. The van der Waals surface area contributed by atoms with Crippen molar-refractivity contribution < 1.29 is 23.5 Å². The number of hydrogen-bond donors (Lipinski definition) is 2. The van der Waals surface area contributed by atoms with Gasteiger partial charge in [0.15, 0.2) is 18.2 Å². The van der Waals surface area contributed by atoms with E-state index in [0.717, 1.165) is 11.1 Å². The minimum atomic E-state index is -0.620. The predicted molar refractivity (Wildman–Crippen MR) is 123 cm³/mol. The number of furan rings is 1. The van der Waals surface area contributed by atoms with E-state index in [1.54, 1.807) is 13.0 Å². The number of rotatable bonds is 5. The van der Waals surface area contributed by atoms with Crippen LogP contribution in [-0.4, -0.2) is 24.2 Å². The summed E-state index contributed by atoms with van der Waals surface area (Å²) in [6, 6.07) is 17.1. The molecule has 0 saturated heterocycles. The monoisotopic (exact) mass is 446 g/mol. The van der Waals surface area contributed by atoms with Crippen molar-refractivity contribution in [2.45, 2.75) is 33.6 Å². The van der Waals surface area contributed by atoms with Crippen LogP contribution < -0.4 is 15.6 Å². The highest BCUT2D eigenvalue weighted by Crippen LogP contribution is 2.38. The topological polar surface area (TPSA) is 97.6 Å². The number of Topliss-reactive ketones (excluding diaryl/α,β-unsaturated/α-hetero) is 1. The number of hydrazine groups is 1. The molecule has 3 aromatic rings. The zero-order valence-corrected chi connectivity index (χ0v) is 18.9. The zero-order valence-electron chi connectivity index (χ0n) is 18.9. The molecule has 1 aromatic heterocycles. The Kier molecular flexibility index (Phi) is 6.05. The molecule has 1 aliphatic carbocycles. The largest absolute Gasteiger partial charge is 0.483 e. The van der Waals surface area contributed by atoms with Gasteiger partial charge in [-0.3, -0.25) is 25.2 Å². The van der Waals surface area contributed by atoms with Crippen molar-refractivity contribution in [2.75, 3.05) is 6.61 Å². The van der Waals surface area contributed by atoms with Gasteiger partial charge in [0.1, 0.15) is 11.5 Å². The third-order valence-electron chi connectivity index (χ3n) is 5.63. The quantitative estimate of drug-likeness (QED) is 0.571. The van der Waals surface area contributed by atoms with Crippen molar-refractivity contribution in [3.8, 4) is 16.9 Å². The number of ketones is 1. The summed E-state index contributed by atoms with van der Waals surface area (Å²) in [5.74, 6) is -0.0763. The van der Waals surface area contributed by atoms with Crippen molar-refractivity contribution in [2.24, 2.45) is 5.41 Å². The summed E-state index contributed by atoms with van der Waals surface area (Å²) in [5, 5.41) is 0. The Hall–Kier alpha value is -3.87. The molecule has 7 nitrogen and oxygen atoms in total. The number of ether oxygens (including phenoxy) is 1. The Balaban J connectivity index is 1.37. The highest BCUT2D eigenvalue weighted by molar-refractivity contribution is 6.04. The Morgan fingerprint density at radius 1 is 1.00 bits per heavy atom. The van der Waals surface area contributed by atoms with Crippen LogP contribution in [0.4, 0.5) is 0 Å². The van der Waals surface area contributed by atoms with Crippen LogP contribution in [0.25, 0.3) is 11.1 Å². The molecule has 2 aromatic carbocycles. The van der Waals surface area contributed by atoms with Crippen LogP contribution in [0.3, 0.4) is 0 Å². The maximum absolute atomic E-state index is 12.6. The first-order chi connectivity index (χ1) is 15.7. The number of para-hydroxylation sites is 1. The van der Waals surface area contributed by atoms with Gasteiger partial charge in [-0.2, -0.15) is 0 Å². The van der Waals surface area contributed by atoms with Crippen LogP contribution in [0, 0.1) is 12.3 Å². The summed E-state index contributed by atoms with van der Waals surface area (Å²) in [6.07, 6.45) is 0.975. The van der Waals surface area contributed by atoms with E-state index in [2.05, 4.69) is 10.9 Å². The molecule has 0 bridgehead atoms. The molecule has 0 aliphatic heterocycles. The fourth-order valence-corrected chi connectivity index (χ4v) is 4.11. The van der Waals surface area contributed by atoms with Gasteiger partial charge in [-0.1, -0.05) is 62.4 Å². The van der Waals surface area contributed by atoms with Crippen molar-refractivity contribution in [3.05, 3.63) is 77.2 Å². The van der Waals surface area contributed by atoms with Crippen LogP contribution in [0.1, 0.15) is 52.5 Å². The number of carbonyl (C=O) groups excluding carboxylic acids is 3. The first-order valence-corrected chi connectivity index (χ1v) is 10.8. The van der Waals surface area contributed by atoms with E-state index in [9.17, 15) is 14.4 Å². The molecule has 0 fully saturated rings. The Morgan fingerprint density at radius 2 is 1.70 bits per heavy atom. The number of hydrogen-bond acceptors (Lipinski definition) is 5. The molecule has 2 amide bonds. The van der Waals surface area contributed by atoms with Gasteiger partial charge < -0.3 is 9.15 Å². The molecule has 7 heteroatoms. The van der Waals surface area contributed by atoms with E-state index >= 15 is 0 Å². The summed E-state index contributed by atoms with van der Waals surface area (Å²) in [7, 11) is 0. The van der Waals surface area contributed by atoms with Crippen LogP contribution in [-0.2, 0) is 11.2 Å². The fraction of sp³-hybridized carbons (Fsp3) is 0.269. The zero-order chi connectivity index (χ0) is 23.6. The number of benzene rings is 2. The molecule has 170 valence electrons. The average molecular weight is 447 g/mol. The molecule has 4 rings (SSSR count). The van der Waals surface area contributed by atoms with Gasteiger partial charge in [-0.05, 0) is 24.0 Å². The van der Waals surface area contributed by atoms with Gasteiger partial charge in [-0.15, -0.1) is 0 Å². The molecule has 1 aliphatic rings. The predicted octanol–water partition coefficient (Wildman–Crippen LogP) is 4.25. The first kappa shape index (κ1) is 22.3. The highest BCUT2D eigenvalue weighted by Gasteiger charge is 2.37. The Labute approximate surface area is 192 Å². The smallest absolute Gasteiger partial charge is 0.305 e. The van der Waals surface area contributed by atoms with E-state index in [0.29, 0.717) is 35.5 Å². The van der Waals surface area contributed by atoms with E-state index in [1.165, 1.54) is 0 Å². The van der Waals surface area contributed by atoms with Gasteiger partial charge in [0, 0.05) is 24.0 Å². The average Bonchev–Trinajstić information content (AvgIpc) is 3.12. The lowest BCUT2D eigenvalue weighted by Gasteiger charge is -2.27. The number of fused-ring (bicyclic) bond motifs is 1. The van der Waals surface area contributed by atoms with Crippen LogP contribution >= 0.6 is 0 Å². The number of amides is 2. The van der Waals surface area contributed by atoms with E-state index in [4.69, 9.17) is 9.15 Å². The standard InChI is InChI=1S/C26H26N2O5/c1-16-23-19(29)13-26(2,3)14-21(23)33-24(16)25(31)28-27-22(30)15-32-20-12-8-7-11-18(20)17-9-5-4-6-10-17/h4-12H,13-15H2,1-3H3,(H,27,30)(H,28,31). The molecule has 0 atom stereocenters. The van der Waals surface area contributed by atoms with Crippen molar-refractivity contribution in [1.82, 2.24) is 10.9 Å². The lowest BCUT2D eigenvalue weighted by Crippen LogP contribution is -2.43. The number of carbonyl (C=O) groups is 3. The molecule has 1 heterocycles. The van der Waals surface area contributed by atoms with Gasteiger partial charge in [0.05, 0.1) is 5.56 Å². The molecule has 2 N–H and O–H groups in total. The summed E-state index contributed by atoms with van der Waals surface area (Å²) >= 11 is 0. The highest BCUT2D eigenvalue weighted by atomic mass is 16.5. The van der Waals surface area contributed by atoms with Gasteiger partial charge >= 0.3 is 5.91 Å². The minimum Gasteiger partial charge on any atom is -0.483 e. The summed E-state index contributed by atoms with van der Waals surface area (Å²) in [5.41, 5.74) is 7.26. The molecule has 0 saturated carbocycles. The minimum absolute atomic E-state index is 0.0293. The summed E-state index contributed by atoms with van der Waals surface area (Å²) in [4.78, 5) is 37.4. The molecule has 0 spiro atoms. The maximum atomic E-state index is 12.6. The van der Waals surface area contributed by atoms with Crippen LogP contribution in [0.2, 0.25) is 0 Å². The SMILES string of the molecule is Cc1c(C(=O)NNC(=O)COc2ccccc2-c2ccccc2)oc2c1C(=O)CC(C)(C)C2. The van der Waals surface area contributed by atoms with Gasteiger partial charge in [-0.25, -0.2) is 0 Å². The van der Waals surface area contributed by atoms with E-state index < -0.39 is 11.8 Å². The van der Waals surface area contributed by atoms with Crippen molar-refractivity contribution >= 4 is 17.6 Å². The molecular weight excluding hydrogens is 420 g/mol. The van der Waals surface area contributed by atoms with Crippen molar-refractivity contribution in [3.63, 3.8) is 0 Å². The molecule has 33 heavy (non-hydrogen) atoms.